The van der Waals surface area contributed by atoms with Crippen molar-refractivity contribution in [3.63, 3.8) is 0 Å². The number of hydrogen-bond acceptors (Lipinski definition) is 5. The zero-order valence-electron chi connectivity index (χ0n) is 11.5. The molecule has 2 N–H and O–H groups in total. The summed E-state index contributed by atoms with van der Waals surface area (Å²) in [5.41, 5.74) is 6.78. The summed E-state index contributed by atoms with van der Waals surface area (Å²) in [7, 11) is -1.48. The molecule has 108 valence electrons. The van der Waals surface area contributed by atoms with Gasteiger partial charge in [0, 0.05) is 12.3 Å². The lowest BCUT2D eigenvalue weighted by atomic mass is 10.1. The Hall–Kier alpha value is -1.27. The molecule has 0 amide bonds. The molecule has 5 nitrogen and oxygen atoms in total. The van der Waals surface area contributed by atoms with Gasteiger partial charge in [0.15, 0.2) is 21.3 Å². The molecule has 6 heteroatoms. The minimum atomic E-state index is -3.03. The predicted molar refractivity (Wildman–Crippen MR) is 75.6 cm³/mol. The molecule has 0 saturated heterocycles. The first-order valence-corrected chi connectivity index (χ1v) is 8.11. The Morgan fingerprint density at radius 1 is 1.32 bits per heavy atom. The van der Waals surface area contributed by atoms with Gasteiger partial charge in [-0.1, -0.05) is 6.07 Å². The molecule has 0 fully saturated rings. The molecule has 0 aromatic heterocycles. The number of benzene rings is 1. The minimum absolute atomic E-state index is 0.0202. The van der Waals surface area contributed by atoms with Crippen LogP contribution in [0.3, 0.4) is 0 Å². The second-order valence-electron chi connectivity index (χ2n) is 4.64. The molecular formula is C13H21NO4S. The second kappa shape index (κ2) is 6.77. The molecule has 1 rings (SSSR count). The van der Waals surface area contributed by atoms with Crippen LogP contribution < -0.4 is 15.2 Å². The normalized spacial score (nSPS) is 13.1. The van der Waals surface area contributed by atoms with E-state index in [1.807, 2.05) is 19.1 Å². The van der Waals surface area contributed by atoms with Crippen molar-refractivity contribution in [2.45, 2.75) is 19.4 Å². The Balaban J connectivity index is 2.78. The Morgan fingerprint density at radius 3 is 2.53 bits per heavy atom. The van der Waals surface area contributed by atoms with E-state index in [4.69, 9.17) is 15.2 Å². The zero-order chi connectivity index (χ0) is 14.5. The van der Waals surface area contributed by atoms with Crippen molar-refractivity contribution in [1.29, 1.82) is 0 Å². The summed E-state index contributed by atoms with van der Waals surface area (Å²) in [6.07, 6.45) is 1.91. The van der Waals surface area contributed by atoms with Gasteiger partial charge in [-0.3, -0.25) is 0 Å². The number of sulfone groups is 1. The van der Waals surface area contributed by atoms with Crippen molar-refractivity contribution in [2.24, 2.45) is 5.73 Å². The van der Waals surface area contributed by atoms with Crippen LogP contribution in [0.1, 0.15) is 12.5 Å². The average Bonchev–Trinajstić information content (AvgIpc) is 2.27. The minimum Gasteiger partial charge on any atom is -0.493 e. The number of ether oxygens (including phenoxy) is 2. The van der Waals surface area contributed by atoms with E-state index in [1.54, 1.807) is 13.2 Å². The van der Waals surface area contributed by atoms with Crippen LogP contribution in [0.2, 0.25) is 0 Å². The summed E-state index contributed by atoms with van der Waals surface area (Å²) in [6.45, 7) is 2.03. The second-order valence-corrected chi connectivity index (χ2v) is 6.90. The van der Waals surface area contributed by atoms with E-state index in [-0.39, 0.29) is 18.4 Å². The lowest BCUT2D eigenvalue weighted by Crippen LogP contribution is -2.18. The molecule has 1 unspecified atom stereocenters. The van der Waals surface area contributed by atoms with E-state index in [0.717, 1.165) is 12.0 Å². The highest BCUT2D eigenvalue weighted by Gasteiger charge is 2.09. The molecule has 0 heterocycles. The standard InChI is InChI=1S/C13H21NO4S/c1-10(14)8-11-4-5-12(17-2)13(9-11)18-6-7-19(3,15)16/h4-5,9-10H,6-8,14H2,1-3H3. The third kappa shape index (κ3) is 5.94. The topological polar surface area (TPSA) is 78.6 Å². The smallest absolute Gasteiger partial charge is 0.161 e. The van der Waals surface area contributed by atoms with E-state index in [0.29, 0.717) is 11.5 Å². The number of hydrogen-bond donors (Lipinski definition) is 1. The largest absolute Gasteiger partial charge is 0.493 e. The Morgan fingerprint density at radius 2 is 2.00 bits per heavy atom. The van der Waals surface area contributed by atoms with E-state index < -0.39 is 9.84 Å². The highest BCUT2D eigenvalue weighted by Crippen LogP contribution is 2.28. The van der Waals surface area contributed by atoms with E-state index in [1.165, 1.54) is 6.26 Å². The predicted octanol–water partition coefficient (Wildman–Crippen LogP) is 1.01. The van der Waals surface area contributed by atoms with Gasteiger partial charge in [-0.25, -0.2) is 8.42 Å². The zero-order valence-corrected chi connectivity index (χ0v) is 12.4. The Labute approximate surface area is 114 Å². The highest BCUT2D eigenvalue weighted by atomic mass is 32.2. The number of rotatable bonds is 7. The van der Waals surface area contributed by atoms with Crippen LogP contribution in [0.5, 0.6) is 11.5 Å². The van der Waals surface area contributed by atoms with Gasteiger partial charge < -0.3 is 15.2 Å². The van der Waals surface area contributed by atoms with Gasteiger partial charge in [0.25, 0.3) is 0 Å². The lowest BCUT2D eigenvalue weighted by molar-refractivity contribution is 0.311. The average molecular weight is 287 g/mol. The van der Waals surface area contributed by atoms with Crippen LogP contribution in [0.25, 0.3) is 0 Å². The molecule has 0 saturated carbocycles. The first-order chi connectivity index (χ1) is 8.81. The fourth-order valence-corrected chi connectivity index (χ4v) is 2.02. The first kappa shape index (κ1) is 15.8. The van der Waals surface area contributed by atoms with Crippen LogP contribution in [0.4, 0.5) is 0 Å². The molecule has 0 aliphatic heterocycles. The first-order valence-electron chi connectivity index (χ1n) is 6.05. The molecular weight excluding hydrogens is 266 g/mol. The van der Waals surface area contributed by atoms with E-state index in [9.17, 15) is 8.42 Å². The summed E-state index contributed by atoms with van der Waals surface area (Å²) in [5.74, 6) is 1.11. The van der Waals surface area contributed by atoms with Gasteiger partial charge >= 0.3 is 0 Å². The van der Waals surface area contributed by atoms with Crippen LogP contribution in [-0.4, -0.2) is 40.2 Å². The molecule has 19 heavy (non-hydrogen) atoms. The maximum absolute atomic E-state index is 11.1. The Bertz CT molecular complexity index is 511. The fraction of sp³-hybridized carbons (Fsp3) is 0.538. The van der Waals surface area contributed by atoms with Gasteiger partial charge in [-0.15, -0.1) is 0 Å². The number of nitrogens with two attached hydrogens (primary N) is 1. The summed E-state index contributed by atoms with van der Waals surface area (Å²) in [6, 6.07) is 5.61. The van der Waals surface area contributed by atoms with Crippen molar-refractivity contribution >= 4 is 9.84 Å². The molecule has 0 aliphatic carbocycles. The van der Waals surface area contributed by atoms with Crippen molar-refractivity contribution in [3.8, 4) is 11.5 Å². The highest BCUT2D eigenvalue weighted by molar-refractivity contribution is 7.90. The summed E-state index contributed by atoms with van der Waals surface area (Å²) in [5, 5.41) is 0. The summed E-state index contributed by atoms with van der Waals surface area (Å²) >= 11 is 0. The van der Waals surface area contributed by atoms with E-state index >= 15 is 0 Å². The molecule has 1 atom stereocenters. The summed E-state index contributed by atoms with van der Waals surface area (Å²) in [4.78, 5) is 0. The van der Waals surface area contributed by atoms with Gasteiger partial charge in [0.1, 0.15) is 6.61 Å². The molecule has 1 aromatic rings. The van der Waals surface area contributed by atoms with Gasteiger partial charge in [0.2, 0.25) is 0 Å². The number of methoxy groups -OCH3 is 1. The quantitative estimate of drug-likeness (QED) is 0.809. The fourth-order valence-electron chi connectivity index (χ4n) is 1.64. The van der Waals surface area contributed by atoms with Gasteiger partial charge in [-0.2, -0.15) is 0 Å². The lowest BCUT2D eigenvalue weighted by Gasteiger charge is -2.13. The van der Waals surface area contributed by atoms with Crippen molar-refractivity contribution in [3.05, 3.63) is 23.8 Å². The monoisotopic (exact) mass is 287 g/mol. The van der Waals surface area contributed by atoms with E-state index in [2.05, 4.69) is 0 Å². The van der Waals surface area contributed by atoms with Crippen molar-refractivity contribution < 1.29 is 17.9 Å². The molecule has 1 aromatic carbocycles. The molecule has 0 radical (unpaired) electrons. The maximum Gasteiger partial charge on any atom is 0.161 e. The Kier molecular flexibility index (Phi) is 5.62. The van der Waals surface area contributed by atoms with Crippen LogP contribution in [0.15, 0.2) is 18.2 Å². The van der Waals surface area contributed by atoms with Crippen LogP contribution in [-0.2, 0) is 16.3 Å². The summed E-state index contributed by atoms with van der Waals surface area (Å²) < 4.78 is 32.8. The van der Waals surface area contributed by atoms with Crippen molar-refractivity contribution in [1.82, 2.24) is 0 Å². The van der Waals surface area contributed by atoms with Gasteiger partial charge in [-0.05, 0) is 31.0 Å². The SMILES string of the molecule is COc1ccc(CC(C)N)cc1OCCS(C)(=O)=O. The molecule has 0 aliphatic rings. The third-order valence-electron chi connectivity index (χ3n) is 2.50. The van der Waals surface area contributed by atoms with Crippen molar-refractivity contribution in [2.75, 3.05) is 25.7 Å². The van der Waals surface area contributed by atoms with Crippen LogP contribution >= 0.6 is 0 Å². The van der Waals surface area contributed by atoms with Gasteiger partial charge in [0.05, 0.1) is 12.9 Å². The van der Waals surface area contributed by atoms with Crippen LogP contribution in [0, 0.1) is 0 Å². The molecule has 0 spiro atoms. The maximum atomic E-state index is 11.1. The third-order valence-corrected chi connectivity index (χ3v) is 3.41. The molecule has 0 bridgehead atoms.